The van der Waals surface area contributed by atoms with E-state index in [1.807, 2.05) is 6.07 Å². The fraction of sp³-hybridized carbons (Fsp3) is 0.571. The van der Waals surface area contributed by atoms with Crippen molar-refractivity contribution in [2.75, 3.05) is 31.6 Å². The zero-order chi connectivity index (χ0) is 13.4. The number of carbonyl (C=O) groups is 1. The Morgan fingerprint density at radius 1 is 1.53 bits per heavy atom. The quantitative estimate of drug-likeness (QED) is 0.802. The lowest BCUT2D eigenvalue weighted by Gasteiger charge is -2.25. The summed E-state index contributed by atoms with van der Waals surface area (Å²) in [4.78, 5) is 18.3. The van der Waals surface area contributed by atoms with E-state index in [9.17, 15) is 4.79 Å². The van der Waals surface area contributed by atoms with Crippen molar-refractivity contribution in [1.82, 2.24) is 10.3 Å². The van der Waals surface area contributed by atoms with E-state index in [-0.39, 0.29) is 5.97 Å². The molecule has 3 heterocycles. The number of esters is 1. The molecule has 19 heavy (non-hydrogen) atoms. The molecule has 1 aromatic heterocycles. The third kappa shape index (κ3) is 2.08. The molecule has 0 radical (unpaired) electrons. The molecule has 3 rings (SSSR count). The Morgan fingerprint density at radius 3 is 3.11 bits per heavy atom. The number of nitrogens with zero attached hydrogens (tertiary/aromatic N) is 2. The highest BCUT2D eigenvalue weighted by Crippen LogP contribution is 2.35. The first-order valence-corrected chi connectivity index (χ1v) is 6.72. The van der Waals surface area contributed by atoms with Gasteiger partial charge in [0, 0.05) is 31.9 Å². The van der Waals surface area contributed by atoms with Gasteiger partial charge in [-0.05, 0) is 30.9 Å². The zero-order valence-corrected chi connectivity index (χ0v) is 11.3. The number of hydrogen-bond acceptors (Lipinski definition) is 5. The summed E-state index contributed by atoms with van der Waals surface area (Å²) >= 11 is 0. The Morgan fingerprint density at radius 2 is 2.37 bits per heavy atom. The van der Waals surface area contributed by atoms with Gasteiger partial charge in [0.2, 0.25) is 0 Å². The van der Waals surface area contributed by atoms with E-state index in [2.05, 4.69) is 22.1 Å². The molecule has 5 heteroatoms. The molecule has 2 fully saturated rings. The van der Waals surface area contributed by atoms with E-state index in [1.54, 1.807) is 12.3 Å². The van der Waals surface area contributed by atoms with Crippen molar-refractivity contribution in [2.45, 2.75) is 13.0 Å². The molecule has 0 saturated carbocycles. The van der Waals surface area contributed by atoms with Crippen LogP contribution in [0.25, 0.3) is 0 Å². The van der Waals surface area contributed by atoms with Crippen LogP contribution >= 0.6 is 0 Å². The van der Waals surface area contributed by atoms with Crippen molar-refractivity contribution >= 4 is 11.8 Å². The van der Waals surface area contributed by atoms with Crippen LogP contribution in [0.15, 0.2) is 18.3 Å². The third-order valence-corrected chi connectivity index (χ3v) is 4.40. The van der Waals surface area contributed by atoms with Crippen LogP contribution in [0.2, 0.25) is 0 Å². The predicted molar refractivity (Wildman–Crippen MR) is 72.2 cm³/mol. The highest BCUT2D eigenvalue weighted by atomic mass is 16.5. The summed E-state index contributed by atoms with van der Waals surface area (Å²) in [7, 11) is 1.40. The van der Waals surface area contributed by atoms with Gasteiger partial charge in [-0.25, -0.2) is 9.78 Å². The molecule has 0 aromatic carbocycles. The second-order valence-corrected chi connectivity index (χ2v) is 5.37. The highest BCUT2D eigenvalue weighted by molar-refractivity contribution is 5.90. The maximum atomic E-state index is 11.6. The van der Waals surface area contributed by atoms with Gasteiger partial charge in [0.05, 0.1) is 12.7 Å². The largest absolute Gasteiger partial charge is 0.465 e. The molecule has 0 spiro atoms. The van der Waals surface area contributed by atoms with Gasteiger partial charge in [-0.15, -0.1) is 0 Å². The zero-order valence-electron chi connectivity index (χ0n) is 11.3. The van der Waals surface area contributed by atoms with Crippen molar-refractivity contribution in [2.24, 2.45) is 11.8 Å². The van der Waals surface area contributed by atoms with Crippen LogP contribution in [0.4, 0.5) is 5.82 Å². The minimum absolute atomic E-state index is 0.308. The molecular formula is C14H19N3O2. The van der Waals surface area contributed by atoms with E-state index < -0.39 is 0 Å². The Balaban J connectivity index is 1.85. The summed E-state index contributed by atoms with van der Waals surface area (Å²) in [5, 5.41) is 3.44. The van der Waals surface area contributed by atoms with Gasteiger partial charge in [-0.3, -0.25) is 0 Å². The fourth-order valence-corrected chi connectivity index (χ4v) is 3.29. The minimum Gasteiger partial charge on any atom is -0.465 e. The summed E-state index contributed by atoms with van der Waals surface area (Å²) in [6.07, 6.45) is 1.68. The number of nitrogens with one attached hydrogen (secondary N) is 1. The standard InChI is InChI=1S/C14H19N3O2/c1-9-12-7-15-6-11(12)8-17(9)13-5-10(3-4-16-13)14(18)19-2/h3-5,9,11-12,15H,6-8H2,1-2H3. The normalized spacial score (nSPS) is 29.4. The highest BCUT2D eigenvalue weighted by Gasteiger charge is 2.42. The average molecular weight is 261 g/mol. The van der Waals surface area contributed by atoms with Gasteiger partial charge in [-0.2, -0.15) is 0 Å². The van der Waals surface area contributed by atoms with Crippen molar-refractivity contribution in [3.05, 3.63) is 23.9 Å². The molecule has 3 atom stereocenters. The maximum absolute atomic E-state index is 11.6. The molecule has 1 aromatic rings. The van der Waals surface area contributed by atoms with Gasteiger partial charge < -0.3 is 15.0 Å². The number of pyridine rings is 1. The number of ether oxygens (including phenoxy) is 1. The molecule has 2 aliphatic rings. The lowest BCUT2D eigenvalue weighted by atomic mass is 9.95. The number of hydrogen-bond donors (Lipinski definition) is 1. The molecule has 3 unspecified atom stereocenters. The number of methoxy groups -OCH3 is 1. The summed E-state index contributed by atoms with van der Waals surface area (Å²) < 4.78 is 4.76. The summed E-state index contributed by atoms with van der Waals surface area (Å²) in [6.45, 7) is 5.42. The summed E-state index contributed by atoms with van der Waals surface area (Å²) in [5.74, 6) is 1.95. The van der Waals surface area contributed by atoms with Crippen LogP contribution < -0.4 is 10.2 Å². The molecule has 0 aliphatic carbocycles. The van der Waals surface area contributed by atoms with E-state index in [4.69, 9.17) is 4.74 Å². The number of rotatable bonds is 2. The van der Waals surface area contributed by atoms with E-state index in [0.717, 1.165) is 25.5 Å². The molecule has 2 saturated heterocycles. The first kappa shape index (κ1) is 12.4. The number of carbonyl (C=O) groups excluding carboxylic acids is 1. The van der Waals surface area contributed by atoms with Gasteiger partial charge in [0.25, 0.3) is 0 Å². The monoisotopic (exact) mass is 261 g/mol. The van der Waals surface area contributed by atoms with Crippen LogP contribution in [-0.2, 0) is 4.74 Å². The molecule has 0 amide bonds. The molecule has 0 bridgehead atoms. The topological polar surface area (TPSA) is 54.5 Å². The number of aromatic nitrogens is 1. The smallest absolute Gasteiger partial charge is 0.338 e. The first-order valence-electron chi connectivity index (χ1n) is 6.72. The average Bonchev–Trinajstić information content (AvgIpc) is 3.01. The van der Waals surface area contributed by atoms with E-state index in [1.165, 1.54) is 7.11 Å². The van der Waals surface area contributed by atoms with Crippen LogP contribution in [0, 0.1) is 11.8 Å². The predicted octanol–water partition coefficient (Wildman–Crippen LogP) is 0.912. The van der Waals surface area contributed by atoms with Crippen molar-refractivity contribution in [3.63, 3.8) is 0 Å². The number of anilines is 1. The van der Waals surface area contributed by atoms with Gasteiger partial charge in [0.15, 0.2) is 0 Å². The second-order valence-electron chi connectivity index (χ2n) is 5.37. The van der Waals surface area contributed by atoms with Crippen molar-refractivity contribution in [1.29, 1.82) is 0 Å². The van der Waals surface area contributed by atoms with Crippen LogP contribution in [-0.4, -0.2) is 43.7 Å². The molecule has 1 N–H and O–H groups in total. The molecule has 2 aliphatic heterocycles. The van der Waals surface area contributed by atoms with Gasteiger partial charge in [-0.1, -0.05) is 0 Å². The maximum Gasteiger partial charge on any atom is 0.338 e. The SMILES string of the molecule is COC(=O)c1ccnc(N2CC3CNCC3C2C)c1. The van der Waals surface area contributed by atoms with E-state index in [0.29, 0.717) is 23.4 Å². The Labute approximate surface area is 113 Å². The molecule has 102 valence electrons. The van der Waals surface area contributed by atoms with Crippen LogP contribution in [0.3, 0.4) is 0 Å². The fourth-order valence-electron chi connectivity index (χ4n) is 3.29. The Kier molecular flexibility index (Phi) is 3.14. The lowest BCUT2D eigenvalue weighted by Crippen LogP contribution is -2.33. The van der Waals surface area contributed by atoms with Crippen LogP contribution in [0.1, 0.15) is 17.3 Å². The second kappa shape index (κ2) is 4.81. The Bertz CT molecular complexity index is 491. The third-order valence-electron chi connectivity index (χ3n) is 4.40. The van der Waals surface area contributed by atoms with Gasteiger partial charge in [0.1, 0.15) is 5.82 Å². The first-order chi connectivity index (χ1) is 9.20. The van der Waals surface area contributed by atoms with Crippen LogP contribution in [0.5, 0.6) is 0 Å². The van der Waals surface area contributed by atoms with Crippen molar-refractivity contribution < 1.29 is 9.53 Å². The minimum atomic E-state index is -0.308. The van der Waals surface area contributed by atoms with Gasteiger partial charge >= 0.3 is 5.97 Å². The molecular weight excluding hydrogens is 242 g/mol. The Hall–Kier alpha value is -1.62. The lowest BCUT2D eigenvalue weighted by molar-refractivity contribution is 0.0600. The summed E-state index contributed by atoms with van der Waals surface area (Å²) in [5.41, 5.74) is 0.565. The van der Waals surface area contributed by atoms with Crippen molar-refractivity contribution in [3.8, 4) is 0 Å². The summed E-state index contributed by atoms with van der Waals surface area (Å²) in [6, 6.07) is 3.98. The number of fused-ring (bicyclic) bond motifs is 1. The molecule has 5 nitrogen and oxygen atoms in total. The van der Waals surface area contributed by atoms with E-state index >= 15 is 0 Å².